The first kappa shape index (κ1) is 17.0. The molecule has 25 heavy (non-hydrogen) atoms. The summed E-state index contributed by atoms with van der Waals surface area (Å²) in [7, 11) is 0. The van der Waals surface area contributed by atoms with Gasteiger partial charge < -0.3 is 15.0 Å². The van der Waals surface area contributed by atoms with Crippen molar-refractivity contribution in [3.05, 3.63) is 53.7 Å². The molecule has 0 unspecified atom stereocenters. The summed E-state index contributed by atoms with van der Waals surface area (Å²) in [5, 5.41) is 2.88. The molecule has 2 heterocycles. The lowest BCUT2D eigenvalue weighted by atomic mass is 10.1. The van der Waals surface area contributed by atoms with Crippen molar-refractivity contribution in [2.75, 3.05) is 18.1 Å². The molecule has 1 aromatic carbocycles. The topological polar surface area (TPSA) is 71.5 Å². The van der Waals surface area contributed by atoms with Crippen molar-refractivity contribution in [2.24, 2.45) is 0 Å². The average molecular weight is 339 g/mol. The van der Waals surface area contributed by atoms with Gasteiger partial charge in [-0.2, -0.15) is 0 Å². The Labute approximate surface area is 146 Å². The van der Waals surface area contributed by atoms with Crippen LogP contribution in [-0.4, -0.2) is 29.9 Å². The first-order valence-corrected chi connectivity index (χ1v) is 8.44. The highest BCUT2D eigenvalue weighted by molar-refractivity contribution is 5.96. The van der Waals surface area contributed by atoms with Crippen molar-refractivity contribution in [3.63, 3.8) is 0 Å². The Balaban J connectivity index is 1.67. The summed E-state index contributed by atoms with van der Waals surface area (Å²) in [4.78, 5) is 30.2. The molecule has 130 valence electrons. The van der Waals surface area contributed by atoms with E-state index in [-0.39, 0.29) is 11.8 Å². The number of hydrogen-bond acceptors (Lipinski definition) is 4. The number of benzene rings is 1. The molecule has 2 aromatic rings. The molecule has 2 amide bonds. The van der Waals surface area contributed by atoms with Crippen LogP contribution in [0.25, 0.3) is 0 Å². The Bertz CT molecular complexity index is 776. The van der Waals surface area contributed by atoms with Crippen molar-refractivity contribution >= 4 is 17.5 Å². The fourth-order valence-corrected chi connectivity index (χ4v) is 2.85. The zero-order valence-electron chi connectivity index (χ0n) is 14.2. The van der Waals surface area contributed by atoms with E-state index in [1.807, 2.05) is 31.2 Å². The maximum atomic E-state index is 12.4. The summed E-state index contributed by atoms with van der Waals surface area (Å²) in [6.07, 6.45) is 3.08. The van der Waals surface area contributed by atoms with Crippen LogP contribution in [0.1, 0.15) is 35.7 Å². The van der Waals surface area contributed by atoms with E-state index < -0.39 is 0 Å². The quantitative estimate of drug-likeness (QED) is 0.878. The number of amides is 2. The molecule has 1 fully saturated rings. The van der Waals surface area contributed by atoms with Crippen LogP contribution in [-0.2, 0) is 11.3 Å². The number of nitrogens with one attached hydrogen (secondary N) is 1. The highest BCUT2D eigenvalue weighted by atomic mass is 16.5. The summed E-state index contributed by atoms with van der Waals surface area (Å²) < 4.78 is 5.39. The highest BCUT2D eigenvalue weighted by Crippen LogP contribution is 2.22. The molecule has 0 aliphatic carbocycles. The standard InChI is InChI=1S/C19H21N3O3/c1-2-25-19-16(8-4-10-20-19)18(24)21-13-14-6-3-7-15(12-14)22-11-5-9-17(22)23/h3-4,6-8,10,12H,2,5,9,11,13H2,1H3,(H,21,24). The minimum absolute atomic E-state index is 0.151. The van der Waals surface area contributed by atoms with Gasteiger partial charge in [-0.3, -0.25) is 9.59 Å². The summed E-state index contributed by atoms with van der Waals surface area (Å²) in [6.45, 7) is 3.42. The largest absolute Gasteiger partial charge is 0.477 e. The molecular formula is C19H21N3O3. The third kappa shape index (κ3) is 3.96. The Morgan fingerprint density at radius 2 is 2.20 bits per heavy atom. The van der Waals surface area contributed by atoms with E-state index in [4.69, 9.17) is 4.74 Å². The predicted octanol–water partition coefficient (Wildman–Crippen LogP) is 2.54. The SMILES string of the molecule is CCOc1ncccc1C(=O)NCc1cccc(N2CCCC2=O)c1. The van der Waals surface area contributed by atoms with Gasteiger partial charge in [-0.1, -0.05) is 12.1 Å². The van der Waals surface area contributed by atoms with E-state index in [0.717, 1.165) is 24.2 Å². The van der Waals surface area contributed by atoms with Crippen molar-refractivity contribution in [2.45, 2.75) is 26.3 Å². The number of anilines is 1. The molecule has 1 aromatic heterocycles. The van der Waals surface area contributed by atoms with Crippen LogP contribution in [0.2, 0.25) is 0 Å². The maximum Gasteiger partial charge on any atom is 0.257 e. The van der Waals surface area contributed by atoms with Crippen molar-refractivity contribution in [1.82, 2.24) is 10.3 Å². The van der Waals surface area contributed by atoms with Crippen molar-refractivity contribution < 1.29 is 14.3 Å². The third-order valence-electron chi connectivity index (χ3n) is 4.05. The average Bonchev–Trinajstić information content (AvgIpc) is 3.07. The molecule has 0 spiro atoms. The number of pyridine rings is 1. The number of hydrogen-bond donors (Lipinski definition) is 1. The lowest BCUT2D eigenvalue weighted by Crippen LogP contribution is -2.25. The van der Waals surface area contributed by atoms with Gasteiger partial charge in [0.05, 0.1) is 6.61 Å². The maximum absolute atomic E-state index is 12.4. The van der Waals surface area contributed by atoms with Crippen molar-refractivity contribution in [3.8, 4) is 5.88 Å². The first-order chi connectivity index (χ1) is 12.2. The van der Waals surface area contributed by atoms with E-state index in [1.165, 1.54) is 0 Å². The van der Waals surface area contributed by atoms with Crippen LogP contribution in [0.15, 0.2) is 42.6 Å². The Morgan fingerprint density at radius 1 is 1.32 bits per heavy atom. The molecule has 6 heteroatoms. The smallest absolute Gasteiger partial charge is 0.257 e. The summed E-state index contributed by atoms with van der Waals surface area (Å²) in [6, 6.07) is 11.1. The second-order valence-corrected chi connectivity index (χ2v) is 5.79. The van der Waals surface area contributed by atoms with Gasteiger partial charge in [-0.25, -0.2) is 4.98 Å². The van der Waals surface area contributed by atoms with Gasteiger partial charge in [0, 0.05) is 31.4 Å². The highest BCUT2D eigenvalue weighted by Gasteiger charge is 2.21. The molecule has 0 saturated carbocycles. The Hall–Kier alpha value is -2.89. The van der Waals surface area contributed by atoms with E-state index in [1.54, 1.807) is 23.2 Å². The molecule has 0 radical (unpaired) electrons. The number of nitrogens with zero attached hydrogens (tertiary/aromatic N) is 2. The van der Waals surface area contributed by atoms with E-state index in [2.05, 4.69) is 10.3 Å². The summed E-state index contributed by atoms with van der Waals surface area (Å²) >= 11 is 0. The summed E-state index contributed by atoms with van der Waals surface area (Å²) in [5.74, 6) is 0.246. The van der Waals surface area contributed by atoms with Gasteiger partial charge in [0.1, 0.15) is 5.56 Å². The van der Waals surface area contributed by atoms with Crippen LogP contribution in [0.5, 0.6) is 5.88 Å². The molecule has 0 atom stereocenters. The molecule has 1 aliphatic heterocycles. The van der Waals surface area contributed by atoms with Crippen molar-refractivity contribution in [1.29, 1.82) is 0 Å². The zero-order valence-corrected chi connectivity index (χ0v) is 14.2. The third-order valence-corrected chi connectivity index (χ3v) is 4.05. The number of ether oxygens (including phenoxy) is 1. The van der Waals surface area contributed by atoms with Crippen LogP contribution in [0.4, 0.5) is 5.69 Å². The molecule has 1 saturated heterocycles. The van der Waals surface area contributed by atoms with E-state index >= 15 is 0 Å². The fraction of sp³-hybridized carbons (Fsp3) is 0.316. The number of carbonyl (C=O) groups excluding carboxylic acids is 2. The number of aromatic nitrogens is 1. The molecule has 1 aliphatic rings. The van der Waals surface area contributed by atoms with Crippen LogP contribution >= 0.6 is 0 Å². The van der Waals surface area contributed by atoms with Crippen LogP contribution in [0, 0.1) is 0 Å². The first-order valence-electron chi connectivity index (χ1n) is 8.44. The van der Waals surface area contributed by atoms with Gasteiger partial charge in [0.15, 0.2) is 0 Å². The number of carbonyl (C=O) groups is 2. The normalized spacial score (nSPS) is 13.8. The molecule has 3 rings (SSSR count). The van der Waals surface area contributed by atoms with Gasteiger partial charge in [-0.15, -0.1) is 0 Å². The van der Waals surface area contributed by atoms with Crippen LogP contribution < -0.4 is 15.0 Å². The van der Waals surface area contributed by atoms with E-state index in [0.29, 0.717) is 31.0 Å². The monoisotopic (exact) mass is 339 g/mol. The zero-order chi connectivity index (χ0) is 17.6. The minimum Gasteiger partial charge on any atom is -0.477 e. The van der Waals surface area contributed by atoms with E-state index in [9.17, 15) is 9.59 Å². The number of rotatable bonds is 6. The lowest BCUT2D eigenvalue weighted by Gasteiger charge is -2.17. The Morgan fingerprint density at radius 3 is 2.96 bits per heavy atom. The van der Waals surface area contributed by atoms with Crippen LogP contribution in [0.3, 0.4) is 0 Å². The molecule has 1 N–H and O–H groups in total. The Kier molecular flexibility index (Phi) is 5.28. The lowest BCUT2D eigenvalue weighted by molar-refractivity contribution is -0.117. The second kappa shape index (κ2) is 7.79. The second-order valence-electron chi connectivity index (χ2n) is 5.79. The molecular weight excluding hydrogens is 318 g/mol. The molecule has 0 bridgehead atoms. The summed E-state index contributed by atoms with van der Waals surface area (Å²) in [5.41, 5.74) is 2.23. The van der Waals surface area contributed by atoms with Gasteiger partial charge in [0.2, 0.25) is 11.8 Å². The predicted molar refractivity (Wildman–Crippen MR) is 94.6 cm³/mol. The van der Waals surface area contributed by atoms with Gasteiger partial charge in [0.25, 0.3) is 5.91 Å². The molecule has 6 nitrogen and oxygen atoms in total. The minimum atomic E-state index is -0.237. The fourth-order valence-electron chi connectivity index (χ4n) is 2.85. The van der Waals surface area contributed by atoms with Gasteiger partial charge in [-0.05, 0) is 43.2 Å². The van der Waals surface area contributed by atoms with Gasteiger partial charge >= 0.3 is 0 Å².